The van der Waals surface area contributed by atoms with Gasteiger partial charge in [-0.2, -0.15) is 0 Å². The van der Waals surface area contributed by atoms with Gasteiger partial charge in [-0.25, -0.2) is 0 Å². The number of hydrogen-bond acceptors (Lipinski definition) is 3. The van der Waals surface area contributed by atoms with E-state index in [2.05, 4.69) is 18.4 Å². The summed E-state index contributed by atoms with van der Waals surface area (Å²) in [6.45, 7) is 2.81. The summed E-state index contributed by atoms with van der Waals surface area (Å²) < 4.78 is 5.59. The minimum atomic E-state index is -0.0317. The van der Waals surface area contributed by atoms with Gasteiger partial charge in [0.15, 0.2) is 6.61 Å². The fourth-order valence-corrected chi connectivity index (χ4v) is 4.21. The van der Waals surface area contributed by atoms with E-state index in [1.54, 1.807) is 29.5 Å². The van der Waals surface area contributed by atoms with Crippen molar-refractivity contribution in [3.05, 3.63) is 50.1 Å². The summed E-state index contributed by atoms with van der Waals surface area (Å²) in [5, 5.41) is 3.08. The van der Waals surface area contributed by atoms with E-state index >= 15 is 0 Å². The third-order valence-electron chi connectivity index (χ3n) is 4.05. The van der Waals surface area contributed by atoms with E-state index < -0.39 is 0 Å². The minimum Gasteiger partial charge on any atom is -0.482 e. The quantitative estimate of drug-likeness (QED) is 0.761. The van der Waals surface area contributed by atoms with Gasteiger partial charge in [-0.1, -0.05) is 30.1 Å². The van der Waals surface area contributed by atoms with Gasteiger partial charge in [-0.05, 0) is 42.0 Å². The molecule has 1 aliphatic heterocycles. The van der Waals surface area contributed by atoms with Crippen LogP contribution in [0.3, 0.4) is 0 Å². The molecule has 3 rings (SSSR count). The second kappa shape index (κ2) is 7.12. The number of hydrogen-bond donors (Lipinski definition) is 0. The number of nitrogens with zero attached hydrogens (tertiary/aromatic N) is 1. The van der Waals surface area contributed by atoms with Crippen molar-refractivity contribution in [1.82, 2.24) is 4.90 Å². The Morgan fingerprint density at radius 3 is 3.00 bits per heavy atom. The molecule has 6 heteroatoms. The molecule has 1 aliphatic rings. The average Bonchev–Trinajstić information content (AvgIpc) is 3.03. The van der Waals surface area contributed by atoms with Crippen LogP contribution in [0.25, 0.3) is 0 Å². The summed E-state index contributed by atoms with van der Waals surface area (Å²) in [6, 6.07) is 7.24. The number of amides is 1. The van der Waals surface area contributed by atoms with Crippen LogP contribution in [-0.2, 0) is 11.2 Å². The predicted octanol–water partition coefficient (Wildman–Crippen LogP) is 4.97. The molecular formula is C17H17Cl2NO2S. The Morgan fingerprint density at radius 2 is 2.22 bits per heavy atom. The zero-order valence-electron chi connectivity index (χ0n) is 12.7. The number of rotatable bonds is 4. The second-order valence-electron chi connectivity index (χ2n) is 5.42. The van der Waals surface area contributed by atoms with Crippen molar-refractivity contribution >= 4 is 40.4 Å². The van der Waals surface area contributed by atoms with E-state index in [0.29, 0.717) is 15.8 Å². The third-order valence-corrected chi connectivity index (χ3v) is 5.59. The molecular weight excluding hydrogens is 353 g/mol. The Kier molecular flexibility index (Phi) is 5.14. The highest BCUT2D eigenvalue weighted by atomic mass is 35.5. The molecule has 0 radical (unpaired) electrons. The average molecular weight is 370 g/mol. The molecule has 2 aromatic rings. The monoisotopic (exact) mass is 369 g/mol. The molecule has 1 atom stereocenters. The maximum absolute atomic E-state index is 12.6. The number of carbonyl (C=O) groups is 1. The Bertz CT molecular complexity index is 716. The summed E-state index contributed by atoms with van der Waals surface area (Å²) in [4.78, 5) is 15.9. The van der Waals surface area contributed by atoms with Gasteiger partial charge < -0.3 is 9.64 Å². The van der Waals surface area contributed by atoms with Crippen LogP contribution >= 0.6 is 34.5 Å². The molecule has 0 aliphatic carbocycles. The number of thiophene rings is 1. The fraction of sp³-hybridized carbons (Fsp3) is 0.353. The first-order chi connectivity index (χ1) is 11.1. The van der Waals surface area contributed by atoms with Crippen molar-refractivity contribution in [1.29, 1.82) is 0 Å². The molecule has 122 valence electrons. The van der Waals surface area contributed by atoms with Gasteiger partial charge in [0.05, 0.1) is 11.1 Å². The molecule has 0 bridgehead atoms. The lowest BCUT2D eigenvalue weighted by molar-refractivity contribution is -0.136. The molecule has 0 N–H and O–H groups in total. The number of benzene rings is 1. The van der Waals surface area contributed by atoms with Crippen LogP contribution in [0.1, 0.15) is 29.8 Å². The highest BCUT2D eigenvalue weighted by Gasteiger charge is 2.30. The Balaban J connectivity index is 1.70. The van der Waals surface area contributed by atoms with Crippen molar-refractivity contribution in [3.8, 4) is 5.75 Å². The zero-order chi connectivity index (χ0) is 16.4. The van der Waals surface area contributed by atoms with Crippen molar-refractivity contribution in [2.75, 3.05) is 13.2 Å². The summed E-state index contributed by atoms with van der Waals surface area (Å²) >= 11 is 13.8. The van der Waals surface area contributed by atoms with E-state index in [1.807, 2.05) is 4.90 Å². The topological polar surface area (TPSA) is 29.5 Å². The second-order valence-corrected chi connectivity index (χ2v) is 7.27. The predicted molar refractivity (Wildman–Crippen MR) is 94.7 cm³/mol. The van der Waals surface area contributed by atoms with E-state index in [1.165, 1.54) is 10.4 Å². The molecule has 1 aromatic carbocycles. The van der Waals surface area contributed by atoms with E-state index in [4.69, 9.17) is 27.9 Å². The summed E-state index contributed by atoms with van der Waals surface area (Å²) in [5.41, 5.74) is 1.28. The van der Waals surface area contributed by atoms with Crippen molar-refractivity contribution in [2.45, 2.75) is 25.8 Å². The van der Waals surface area contributed by atoms with Crippen LogP contribution in [0.2, 0.25) is 10.0 Å². The fourth-order valence-electron chi connectivity index (χ4n) is 2.95. The zero-order valence-corrected chi connectivity index (χ0v) is 15.0. The van der Waals surface area contributed by atoms with Gasteiger partial charge in [-0.3, -0.25) is 4.79 Å². The van der Waals surface area contributed by atoms with Gasteiger partial charge in [0.1, 0.15) is 5.75 Å². The summed E-state index contributed by atoms with van der Waals surface area (Å²) in [6.07, 6.45) is 1.81. The number of ether oxygens (including phenoxy) is 1. The molecule has 0 spiro atoms. The molecule has 23 heavy (non-hydrogen) atoms. The first kappa shape index (κ1) is 16.6. The highest BCUT2D eigenvalue weighted by molar-refractivity contribution is 7.10. The van der Waals surface area contributed by atoms with Crippen LogP contribution in [0.4, 0.5) is 0 Å². The first-order valence-electron chi connectivity index (χ1n) is 7.53. The molecule has 3 nitrogen and oxygen atoms in total. The highest BCUT2D eigenvalue weighted by Crippen LogP contribution is 2.35. The maximum Gasteiger partial charge on any atom is 0.261 e. The lowest BCUT2D eigenvalue weighted by atomic mass is 9.98. The van der Waals surface area contributed by atoms with Crippen molar-refractivity contribution < 1.29 is 9.53 Å². The number of fused-ring (bicyclic) bond motifs is 1. The van der Waals surface area contributed by atoms with Gasteiger partial charge >= 0.3 is 0 Å². The Labute approximate surface area is 149 Å². The lowest BCUT2D eigenvalue weighted by Crippen LogP contribution is -2.41. The minimum absolute atomic E-state index is 0.0234. The molecule has 0 fully saturated rings. The van der Waals surface area contributed by atoms with Crippen LogP contribution in [0.15, 0.2) is 29.6 Å². The molecule has 0 saturated carbocycles. The third kappa shape index (κ3) is 3.49. The lowest BCUT2D eigenvalue weighted by Gasteiger charge is -2.35. The van der Waals surface area contributed by atoms with Crippen molar-refractivity contribution in [2.24, 2.45) is 0 Å². The van der Waals surface area contributed by atoms with Crippen LogP contribution in [0.5, 0.6) is 5.75 Å². The molecule has 0 saturated heterocycles. The van der Waals surface area contributed by atoms with Gasteiger partial charge in [0, 0.05) is 22.5 Å². The van der Waals surface area contributed by atoms with E-state index in [-0.39, 0.29) is 18.6 Å². The summed E-state index contributed by atoms with van der Waals surface area (Å²) in [7, 11) is 0. The largest absolute Gasteiger partial charge is 0.482 e. The van der Waals surface area contributed by atoms with Crippen molar-refractivity contribution in [3.63, 3.8) is 0 Å². The smallest absolute Gasteiger partial charge is 0.261 e. The number of carbonyl (C=O) groups excluding carboxylic acids is 1. The molecule has 1 amide bonds. The van der Waals surface area contributed by atoms with Gasteiger partial charge in [0.2, 0.25) is 0 Å². The van der Waals surface area contributed by atoms with E-state index in [9.17, 15) is 4.79 Å². The van der Waals surface area contributed by atoms with Crippen LogP contribution in [0, 0.1) is 0 Å². The Hall–Kier alpha value is -1.23. The standard InChI is InChI=1S/C17H17Cl2NO2S/c1-2-14-12-6-8-23-16(12)5-7-20(14)17(21)10-22-15-9-11(18)3-4-13(15)19/h3-4,6,8-9,14H,2,5,7,10H2,1H3/t14-/m0/s1. The molecule has 2 heterocycles. The van der Waals surface area contributed by atoms with Crippen LogP contribution < -0.4 is 4.74 Å². The molecule has 0 unspecified atom stereocenters. The van der Waals surface area contributed by atoms with Gasteiger partial charge in [-0.15, -0.1) is 11.3 Å². The van der Waals surface area contributed by atoms with E-state index in [0.717, 1.165) is 19.4 Å². The first-order valence-corrected chi connectivity index (χ1v) is 9.17. The SMILES string of the molecule is CC[C@H]1c2ccsc2CCN1C(=O)COc1cc(Cl)ccc1Cl. The number of halogens is 2. The Morgan fingerprint density at radius 1 is 1.39 bits per heavy atom. The summed E-state index contributed by atoms with van der Waals surface area (Å²) in [5.74, 6) is 0.415. The normalized spacial score (nSPS) is 17.0. The molecule has 1 aromatic heterocycles. The van der Waals surface area contributed by atoms with Crippen LogP contribution in [-0.4, -0.2) is 24.0 Å². The maximum atomic E-state index is 12.6. The van der Waals surface area contributed by atoms with Gasteiger partial charge in [0.25, 0.3) is 5.91 Å².